The number of likely N-dealkylation sites (N-methyl/N-ethyl adjacent to an activating group) is 1. The van der Waals surface area contributed by atoms with Crippen molar-refractivity contribution in [1.82, 2.24) is 4.31 Å². The number of nitrogens with zero attached hydrogens (tertiary/aromatic N) is 1. The molecule has 0 aliphatic heterocycles. The molecule has 1 aromatic heterocycles. The molecule has 9 heteroatoms. The number of hydrogen-bond acceptors (Lipinski definition) is 4. The molecule has 1 aromatic rings. The monoisotopic (exact) mass is 303 g/mol. The highest BCUT2D eigenvalue weighted by molar-refractivity contribution is 7.91. The lowest BCUT2D eigenvalue weighted by molar-refractivity contribution is -0.173. The van der Waals surface area contributed by atoms with Crippen LogP contribution >= 0.6 is 11.3 Å². The highest BCUT2D eigenvalue weighted by Gasteiger charge is 2.28. The van der Waals surface area contributed by atoms with Crippen LogP contribution in [0.2, 0.25) is 0 Å². The fourth-order valence-corrected chi connectivity index (χ4v) is 3.42. The minimum absolute atomic E-state index is 0.129. The predicted molar refractivity (Wildman–Crippen MR) is 61.0 cm³/mol. The molecule has 0 aromatic carbocycles. The van der Waals surface area contributed by atoms with E-state index in [-0.39, 0.29) is 17.4 Å². The van der Waals surface area contributed by atoms with Gasteiger partial charge in [0, 0.05) is 13.6 Å². The van der Waals surface area contributed by atoms with E-state index in [2.05, 4.69) is 4.74 Å². The van der Waals surface area contributed by atoms with Gasteiger partial charge in [0.15, 0.2) is 0 Å². The van der Waals surface area contributed by atoms with E-state index in [0.717, 1.165) is 15.6 Å². The summed E-state index contributed by atoms with van der Waals surface area (Å²) in [4.78, 5) is 0. The van der Waals surface area contributed by atoms with E-state index in [4.69, 9.17) is 0 Å². The number of halogens is 3. The van der Waals surface area contributed by atoms with E-state index in [0.29, 0.717) is 0 Å². The summed E-state index contributed by atoms with van der Waals surface area (Å²) in [5.74, 6) is 0. The van der Waals surface area contributed by atoms with Gasteiger partial charge in [-0.3, -0.25) is 0 Å². The second-order valence-electron chi connectivity index (χ2n) is 3.43. The van der Waals surface area contributed by atoms with Crippen molar-refractivity contribution >= 4 is 21.4 Å². The molecule has 0 radical (unpaired) electrons. The molecule has 4 nitrogen and oxygen atoms in total. The molecule has 0 spiro atoms. The molecule has 0 saturated carbocycles. The van der Waals surface area contributed by atoms with Crippen LogP contribution in [-0.4, -0.2) is 45.7 Å². The Bertz CT molecular complexity index is 456. The highest BCUT2D eigenvalue weighted by atomic mass is 32.2. The molecule has 0 aliphatic carbocycles. The van der Waals surface area contributed by atoms with Gasteiger partial charge in [0.25, 0.3) is 10.0 Å². The topological polar surface area (TPSA) is 46.6 Å². The van der Waals surface area contributed by atoms with E-state index in [9.17, 15) is 21.6 Å². The summed E-state index contributed by atoms with van der Waals surface area (Å²) in [6.45, 7) is -1.81. The van der Waals surface area contributed by atoms with Crippen molar-refractivity contribution < 1.29 is 26.3 Å². The van der Waals surface area contributed by atoms with Crippen molar-refractivity contribution in [3.63, 3.8) is 0 Å². The first-order valence-corrected chi connectivity index (χ1v) is 7.20. The average Bonchev–Trinajstić information content (AvgIpc) is 2.76. The van der Waals surface area contributed by atoms with Crippen LogP contribution in [-0.2, 0) is 14.8 Å². The fraction of sp³-hybridized carbons (Fsp3) is 0.556. The number of ether oxygens (including phenoxy) is 1. The van der Waals surface area contributed by atoms with Gasteiger partial charge >= 0.3 is 6.18 Å². The predicted octanol–water partition coefficient (Wildman–Crippen LogP) is 1.95. The first kappa shape index (κ1) is 15.4. The summed E-state index contributed by atoms with van der Waals surface area (Å²) >= 11 is 1.05. The molecular formula is C9H12F3NO3S2. The lowest BCUT2D eigenvalue weighted by atomic mass is 10.6. The minimum atomic E-state index is -4.40. The molecule has 0 fully saturated rings. The third kappa shape index (κ3) is 4.56. The zero-order chi connectivity index (χ0) is 13.8. The van der Waals surface area contributed by atoms with Crippen LogP contribution in [0, 0.1) is 0 Å². The number of thiophene rings is 1. The van der Waals surface area contributed by atoms with Gasteiger partial charge in [-0.05, 0) is 11.4 Å². The van der Waals surface area contributed by atoms with Gasteiger partial charge < -0.3 is 4.74 Å². The van der Waals surface area contributed by atoms with Crippen LogP contribution in [0.5, 0.6) is 0 Å². The normalized spacial score (nSPS) is 13.2. The Hall–Kier alpha value is -0.640. The van der Waals surface area contributed by atoms with Crippen molar-refractivity contribution in [3.05, 3.63) is 17.5 Å². The largest absolute Gasteiger partial charge is 0.411 e. The third-order valence-electron chi connectivity index (χ3n) is 1.98. The zero-order valence-corrected chi connectivity index (χ0v) is 11.1. The maximum atomic E-state index is 11.8. The smallest absolute Gasteiger partial charge is 0.371 e. The Balaban J connectivity index is 2.44. The summed E-state index contributed by atoms with van der Waals surface area (Å²) in [6, 6.07) is 3.03. The van der Waals surface area contributed by atoms with E-state index in [1.807, 2.05) is 0 Å². The van der Waals surface area contributed by atoms with Crippen LogP contribution in [0.25, 0.3) is 0 Å². The zero-order valence-electron chi connectivity index (χ0n) is 9.48. The van der Waals surface area contributed by atoms with Crippen LogP contribution in [0.3, 0.4) is 0 Å². The van der Waals surface area contributed by atoms with Gasteiger partial charge in [-0.25, -0.2) is 8.42 Å². The lowest BCUT2D eigenvalue weighted by Crippen LogP contribution is -2.30. The van der Waals surface area contributed by atoms with Gasteiger partial charge in [0.2, 0.25) is 0 Å². The number of alkyl halides is 3. The highest BCUT2D eigenvalue weighted by Crippen LogP contribution is 2.19. The second-order valence-corrected chi connectivity index (χ2v) is 6.65. The Morgan fingerprint density at radius 2 is 2.11 bits per heavy atom. The van der Waals surface area contributed by atoms with Gasteiger partial charge in [0.05, 0.1) is 6.61 Å². The molecule has 104 valence electrons. The van der Waals surface area contributed by atoms with E-state index < -0.39 is 22.8 Å². The first-order chi connectivity index (χ1) is 8.23. The van der Waals surface area contributed by atoms with Crippen molar-refractivity contribution in [2.75, 3.05) is 26.8 Å². The maximum absolute atomic E-state index is 11.8. The van der Waals surface area contributed by atoms with Gasteiger partial charge in [-0.1, -0.05) is 6.07 Å². The summed E-state index contributed by atoms with van der Waals surface area (Å²) in [5, 5.41) is 1.61. The molecule has 1 heterocycles. The second kappa shape index (κ2) is 6.00. The van der Waals surface area contributed by atoms with Gasteiger partial charge in [-0.15, -0.1) is 11.3 Å². The molecule has 0 aliphatic rings. The van der Waals surface area contributed by atoms with E-state index in [1.54, 1.807) is 11.4 Å². The molecule has 0 N–H and O–H groups in total. The van der Waals surface area contributed by atoms with Crippen LogP contribution in [0.1, 0.15) is 0 Å². The Morgan fingerprint density at radius 3 is 2.61 bits per heavy atom. The maximum Gasteiger partial charge on any atom is 0.411 e. The van der Waals surface area contributed by atoms with E-state index in [1.165, 1.54) is 13.1 Å². The van der Waals surface area contributed by atoms with Crippen molar-refractivity contribution in [2.24, 2.45) is 0 Å². The average molecular weight is 303 g/mol. The number of rotatable bonds is 6. The molecule has 0 amide bonds. The van der Waals surface area contributed by atoms with Crippen LogP contribution in [0.4, 0.5) is 13.2 Å². The van der Waals surface area contributed by atoms with Gasteiger partial charge in [-0.2, -0.15) is 17.5 Å². The summed E-state index contributed by atoms with van der Waals surface area (Å²) in [7, 11) is -2.32. The SMILES string of the molecule is CN(CCOCC(F)(F)F)S(=O)(=O)c1cccs1. The van der Waals surface area contributed by atoms with Crippen molar-refractivity contribution in [1.29, 1.82) is 0 Å². The summed E-state index contributed by atoms with van der Waals surface area (Å²) in [6.07, 6.45) is -4.40. The van der Waals surface area contributed by atoms with Crippen LogP contribution < -0.4 is 0 Å². The molecular weight excluding hydrogens is 291 g/mol. The van der Waals surface area contributed by atoms with Gasteiger partial charge in [0.1, 0.15) is 10.8 Å². The summed E-state index contributed by atoms with van der Waals surface area (Å²) < 4.78 is 64.5. The number of hydrogen-bond donors (Lipinski definition) is 0. The first-order valence-electron chi connectivity index (χ1n) is 4.88. The minimum Gasteiger partial charge on any atom is -0.371 e. The quantitative estimate of drug-likeness (QED) is 0.755. The molecule has 18 heavy (non-hydrogen) atoms. The molecule has 0 saturated heterocycles. The van der Waals surface area contributed by atoms with Crippen molar-refractivity contribution in [2.45, 2.75) is 10.4 Å². The van der Waals surface area contributed by atoms with E-state index >= 15 is 0 Å². The Morgan fingerprint density at radius 1 is 1.44 bits per heavy atom. The molecule has 0 unspecified atom stereocenters. The molecule has 0 bridgehead atoms. The standard InChI is InChI=1S/C9H12F3NO3S2/c1-13(4-5-16-7-9(10,11)12)18(14,15)8-3-2-6-17-8/h2-3,6H,4-5,7H2,1H3. The Kier molecular flexibility index (Phi) is 5.14. The Labute approximate surface area is 107 Å². The summed E-state index contributed by atoms with van der Waals surface area (Å²) in [5.41, 5.74) is 0. The molecule has 0 atom stereocenters. The van der Waals surface area contributed by atoms with Crippen molar-refractivity contribution in [3.8, 4) is 0 Å². The van der Waals surface area contributed by atoms with Crippen LogP contribution in [0.15, 0.2) is 21.7 Å². The lowest BCUT2D eigenvalue weighted by Gasteiger charge is -2.16. The molecule has 1 rings (SSSR count). The number of sulfonamides is 1. The fourth-order valence-electron chi connectivity index (χ4n) is 1.07. The third-order valence-corrected chi connectivity index (χ3v) is 5.21.